The Bertz CT molecular complexity index is 672. The molecule has 0 saturated carbocycles. The number of hydrogen-bond donors (Lipinski definition) is 1. The molecule has 4 nitrogen and oxygen atoms in total. The number of benzene rings is 1. The lowest BCUT2D eigenvalue weighted by molar-refractivity contribution is -0.136. The number of hydrogen-bond acceptors (Lipinski definition) is 2. The van der Waals surface area contributed by atoms with Gasteiger partial charge in [0.2, 0.25) is 0 Å². The predicted octanol–water partition coefficient (Wildman–Crippen LogP) is 3.49. The van der Waals surface area contributed by atoms with Crippen LogP contribution in [0.4, 0.5) is 4.39 Å². The molecule has 1 aromatic carbocycles. The highest BCUT2D eigenvalue weighted by Gasteiger charge is 2.20. The Labute approximate surface area is 134 Å². The van der Waals surface area contributed by atoms with E-state index in [0.717, 1.165) is 36.4 Å². The smallest absolute Gasteiger partial charge is 0.303 e. The number of rotatable bonds is 6. The van der Waals surface area contributed by atoms with Gasteiger partial charge in [-0.2, -0.15) is 0 Å². The van der Waals surface area contributed by atoms with Gasteiger partial charge in [0.15, 0.2) is 0 Å². The molecule has 0 amide bonds. The molecule has 1 aromatic heterocycles. The van der Waals surface area contributed by atoms with Crippen LogP contribution < -0.4 is 0 Å². The zero-order chi connectivity index (χ0) is 16.2. The molecule has 0 bridgehead atoms. The highest BCUT2D eigenvalue weighted by atomic mass is 19.1. The van der Waals surface area contributed by atoms with Gasteiger partial charge in [0.25, 0.3) is 0 Å². The summed E-state index contributed by atoms with van der Waals surface area (Å²) in [6, 6.07) is 10.3. The average Bonchev–Trinajstić information content (AvgIpc) is 3.17. The maximum Gasteiger partial charge on any atom is 0.303 e. The molecule has 1 N–H and O–H groups in total. The Balaban J connectivity index is 1.90. The predicted molar refractivity (Wildman–Crippen MR) is 84.8 cm³/mol. The zero-order valence-electron chi connectivity index (χ0n) is 12.9. The van der Waals surface area contributed by atoms with Crippen molar-refractivity contribution in [1.29, 1.82) is 0 Å². The summed E-state index contributed by atoms with van der Waals surface area (Å²) >= 11 is 0. The van der Waals surface area contributed by atoms with Crippen molar-refractivity contribution in [2.24, 2.45) is 0 Å². The first-order valence-corrected chi connectivity index (χ1v) is 7.91. The van der Waals surface area contributed by atoms with Crippen molar-refractivity contribution in [3.05, 3.63) is 47.9 Å². The first-order valence-electron chi connectivity index (χ1n) is 7.91. The molecule has 0 radical (unpaired) electrons. The summed E-state index contributed by atoms with van der Waals surface area (Å²) < 4.78 is 21.0. The molecule has 0 unspecified atom stereocenters. The standard InChI is InChI=1S/C18H20FNO3/c19-14-5-3-13(4-6-14)17-9-7-15(8-10-18(21)22)20(17)12-16-2-1-11-23-16/h3-7,9,16H,1-2,8,10-12H2,(H,21,22)/t16-/m0/s1. The van der Waals surface area contributed by atoms with E-state index < -0.39 is 5.97 Å². The summed E-state index contributed by atoms with van der Waals surface area (Å²) in [4.78, 5) is 10.9. The van der Waals surface area contributed by atoms with Gasteiger partial charge in [-0.3, -0.25) is 4.79 Å². The summed E-state index contributed by atoms with van der Waals surface area (Å²) in [5.41, 5.74) is 2.87. The first-order chi connectivity index (χ1) is 11.1. The lowest BCUT2D eigenvalue weighted by atomic mass is 10.1. The van der Waals surface area contributed by atoms with Crippen LogP contribution in [0.2, 0.25) is 0 Å². The second kappa shape index (κ2) is 6.96. The van der Waals surface area contributed by atoms with Crippen LogP contribution in [0.25, 0.3) is 11.3 Å². The number of ether oxygens (including phenoxy) is 1. The Hall–Kier alpha value is -2.14. The molecule has 0 spiro atoms. The van der Waals surface area contributed by atoms with E-state index >= 15 is 0 Å². The first kappa shape index (κ1) is 15.7. The van der Waals surface area contributed by atoms with Crippen LogP contribution in [0.15, 0.2) is 36.4 Å². The quantitative estimate of drug-likeness (QED) is 0.887. The number of aromatic nitrogens is 1. The fourth-order valence-electron chi connectivity index (χ4n) is 3.04. The van der Waals surface area contributed by atoms with E-state index in [1.807, 2.05) is 12.1 Å². The Kier molecular flexibility index (Phi) is 4.76. The molecule has 1 aliphatic rings. The number of nitrogens with zero attached hydrogens (tertiary/aromatic N) is 1. The van der Waals surface area contributed by atoms with Crippen LogP contribution in [0.3, 0.4) is 0 Å². The topological polar surface area (TPSA) is 51.5 Å². The molecule has 5 heteroatoms. The van der Waals surface area contributed by atoms with Gasteiger partial charge >= 0.3 is 5.97 Å². The molecule has 122 valence electrons. The Morgan fingerprint density at radius 2 is 2.04 bits per heavy atom. The van der Waals surface area contributed by atoms with Crippen LogP contribution in [-0.4, -0.2) is 28.4 Å². The highest BCUT2D eigenvalue weighted by molar-refractivity contribution is 5.67. The number of aliphatic carboxylic acids is 1. The summed E-state index contributed by atoms with van der Waals surface area (Å²) in [7, 11) is 0. The van der Waals surface area contributed by atoms with Crippen molar-refractivity contribution in [3.63, 3.8) is 0 Å². The van der Waals surface area contributed by atoms with Crippen molar-refractivity contribution in [1.82, 2.24) is 4.57 Å². The fourth-order valence-corrected chi connectivity index (χ4v) is 3.04. The minimum absolute atomic E-state index is 0.0956. The van der Waals surface area contributed by atoms with Crippen molar-refractivity contribution < 1.29 is 19.0 Å². The van der Waals surface area contributed by atoms with Gasteiger partial charge in [-0.1, -0.05) is 0 Å². The number of carbonyl (C=O) groups is 1. The van der Waals surface area contributed by atoms with Crippen molar-refractivity contribution in [3.8, 4) is 11.3 Å². The minimum atomic E-state index is -0.807. The van der Waals surface area contributed by atoms with Gasteiger partial charge in [-0.15, -0.1) is 0 Å². The molecule has 3 rings (SSSR count). The molecule has 1 fully saturated rings. The number of aryl methyl sites for hydroxylation is 1. The molecule has 23 heavy (non-hydrogen) atoms. The molecule has 1 aliphatic heterocycles. The average molecular weight is 317 g/mol. The van der Waals surface area contributed by atoms with Crippen LogP contribution in [0, 0.1) is 5.82 Å². The molecule has 2 aromatic rings. The van der Waals surface area contributed by atoms with E-state index in [4.69, 9.17) is 9.84 Å². The SMILES string of the molecule is O=C(O)CCc1ccc(-c2ccc(F)cc2)n1C[C@@H]1CCCO1. The summed E-state index contributed by atoms with van der Waals surface area (Å²) in [5.74, 6) is -1.07. The van der Waals surface area contributed by atoms with E-state index in [0.29, 0.717) is 13.0 Å². The highest BCUT2D eigenvalue weighted by Crippen LogP contribution is 2.26. The number of carboxylic acids is 1. The molecular formula is C18H20FNO3. The van der Waals surface area contributed by atoms with Gasteiger partial charge in [0, 0.05) is 24.5 Å². The molecule has 0 aliphatic carbocycles. The fraction of sp³-hybridized carbons (Fsp3) is 0.389. The lowest BCUT2D eigenvalue weighted by Gasteiger charge is -2.17. The molecule has 1 atom stereocenters. The van der Waals surface area contributed by atoms with E-state index in [1.54, 1.807) is 12.1 Å². The molecular weight excluding hydrogens is 297 g/mol. The monoisotopic (exact) mass is 317 g/mol. The van der Waals surface area contributed by atoms with Crippen LogP contribution in [0.5, 0.6) is 0 Å². The van der Waals surface area contributed by atoms with Gasteiger partial charge in [-0.05, 0) is 61.2 Å². The molecule has 1 saturated heterocycles. The Morgan fingerprint density at radius 1 is 1.26 bits per heavy atom. The van der Waals surface area contributed by atoms with Crippen LogP contribution in [-0.2, 0) is 22.5 Å². The number of carboxylic acid groups (broad SMARTS) is 1. The van der Waals surface area contributed by atoms with Crippen molar-refractivity contribution >= 4 is 5.97 Å². The van der Waals surface area contributed by atoms with Gasteiger partial charge in [0.1, 0.15) is 5.82 Å². The summed E-state index contributed by atoms with van der Waals surface area (Å²) in [6.07, 6.45) is 2.80. The maximum atomic E-state index is 13.2. The largest absolute Gasteiger partial charge is 0.481 e. The summed E-state index contributed by atoms with van der Waals surface area (Å²) in [6.45, 7) is 1.48. The normalized spacial score (nSPS) is 17.5. The van der Waals surface area contributed by atoms with Crippen LogP contribution in [0.1, 0.15) is 25.0 Å². The third kappa shape index (κ3) is 3.79. The summed E-state index contributed by atoms with van der Waals surface area (Å²) in [5, 5.41) is 8.93. The molecule has 2 heterocycles. The minimum Gasteiger partial charge on any atom is -0.481 e. The van der Waals surface area contributed by atoms with Gasteiger partial charge < -0.3 is 14.4 Å². The van der Waals surface area contributed by atoms with Gasteiger partial charge in [-0.25, -0.2) is 4.39 Å². The van der Waals surface area contributed by atoms with Crippen molar-refractivity contribution in [2.45, 2.75) is 38.3 Å². The second-order valence-electron chi connectivity index (χ2n) is 5.86. The van der Waals surface area contributed by atoms with E-state index in [-0.39, 0.29) is 18.3 Å². The van der Waals surface area contributed by atoms with E-state index in [1.165, 1.54) is 12.1 Å². The third-order valence-corrected chi connectivity index (χ3v) is 4.22. The number of halogens is 1. The zero-order valence-corrected chi connectivity index (χ0v) is 12.9. The second-order valence-corrected chi connectivity index (χ2v) is 5.86. The maximum absolute atomic E-state index is 13.2. The Morgan fingerprint density at radius 3 is 2.70 bits per heavy atom. The van der Waals surface area contributed by atoms with Crippen molar-refractivity contribution in [2.75, 3.05) is 6.61 Å². The van der Waals surface area contributed by atoms with E-state index in [9.17, 15) is 9.18 Å². The van der Waals surface area contributed by atoms with Gasteiger partial charge in [0.05, 0.1) is 12.5 Å². The van der Waals surface area contributed by atoms with E-state index in [2.05, 4.69) is 4.57 Å². The lowest BCUT2D eigenvalue weighted by Crippen LogP contribution is -2.18. The van der Waals surface area contributed by atoms with Crippen LogP contribution >= 0.6 is 0 Å². The third-order valence-electron chi connectivity index (χ3n) is 4.22.